The van der Waals surface area contributed by atoms with E-state index >= 15 is 0 Å². The molecule has 1 heterocycles. The van der Waals surface area contributed by atoms with E-state index in [4.69, 9.17) is 16.3 Å². The van der Waals surface area contributed by atoms with Crippen molar-refractivity contribution in [3.63, 3.8) is 0 Å². The van der Waals surface area contributed by atoms with Crippen LogP contribution in [-0.2, 0) is 0 Å². The SMILES string of the molecule is O=C(NCC#CCOc1cccnc1)c1cc([N+](=O)[O-])ccc1Cl. The van der Waals surface area contributed by atoms with Crippen LogP contribution < -0.4 is 10.1 Å². The number of pyridine rings is 1. The summed E-state index contributed by atoms with van der Waals surface area (Å²) in [6, 6.07) is 7.15. The first-order valence-electron chi connectivity index (χ1n) is 6.78. The van der Waals surface area contributed by atoms with Crippen molar-refractivity contribution in [2.24, 2.45) is 0 Å². The maximum absolute atomic E-state index is 12.0. The molecule has 0 radical (unpaired) electrons. The number of nitrogens with one attached hydrogen (secondary N) is 1. The molecule has 0 saturated carbocycles. The van der Waals surface area contributed by atoms with Gasteiger partial charge in [-0.15, -0.1) is 0 Å². The van der Waals surface area contributed by atoms with Gasteiger partial charge in [0.25, 0.3) is 11.6 Å². The maximum atomic E-state index is 12.0. The number of hydrogen-bond donors (Lipinski definition) is 1. The third-order valence-corrected chi connectivity index (χ3v) is 3.14. The second-order valence-corrected chi connectivity index (χ2v) is 4.84. The standard InChI is InChI=1S/C16H12ClN3O4/c17-15-6-5-12(20(22)23)10-14(15)16(21)19-8-1-2-9-24-13-4-3-7-18-11-13/h3-7,10-11H,8-9H2,(H,19,21). The highest BCUT2D eigenvalue weighted by molar-refractivity contribution is 6.33. The molecule has 1 amide bonds. The molecule has 24 heavy (non-hydrogen) atoms. The number of benzene rings is 1. The Morgan fingerprint density at radius 3 is 2.92 bits per heavy atom. The van der Waals surface area contributed by atoms with Gasteiger partial charge in [-0.3, -0.25) is 19.9 Å². The number of carbonyl (C=O) groups excluding carboxylic acids is 1. The number of nitrogens with zero attached hydrogens (tertiary/aromatic N) is 2. The molecule has 7 nitrogen and oxygen atoms in total. The van der Waals surface area contributed by atoms with Crippen molar-refractivity contribution in [3.8, 4) is 17.6 Å². The van der Waals surface area contributed by atoms with Crippen LogP contribution in [0.15, 0.2) is 42.7 Å². The molecule has 2 rings (SSSR count). The topological polar surface area (TPSA) is 94.4 Å². The summed E-state index contributed by atoms with van der Waals surface area (Å²) in [5.41, 5.74) is -0.181. The van der Waals surface area contributed by atoms with E-state index < -0.39 is 10.8 Å². The summed E-state index contributed by atoms with van der Waals surface area (Å²) in [5, 5.41) is 13.4. The highest BCUT2D eigenvalue weighted by atomic mass is 35.5. The normalized spacial score (nSPS) is 9.54. The molecule has 2 aromatic rings. The number of amides is 1. The number of rotatable bonds is 5. The molecule has 0 saturated heterocycles. The average Bonchev–Trinajstić information content (AvgIpc) is 2.58. The summed E-state index contributed by atoms with van der Waals surface area (Å²) in [7, 11) is 0. The number of hydrogen-bond acceptors (Lipinski definition) is 5. The van der Waals surface area contributed by atoms with Gasteiger partial charge in [0.15, 0.2) is 0 Å². The molecule has 8 heteroatoms. The van der Waals surface area contributed by atoms with E-state index in [1.165, 1.54) is 12.1 Å². The lowest BCUT2D eigenvalue weighted by Crippen LogP contribution is -2.24. The monoisotopic (exact) mass is 345 g/mol. The van der Waals surface area contributed by atoms with Crippen LogP contribution in [0.25, 0.3) is 0 Å². The fourth-order valence-electron chi connectivity index (χ4n) is 1.69. The average molecular weight is 346 g/mol. The third kappa shape index (κ3) is 4.97. The van der Waals surface area contributed by atoms with Crippen LogP contribution in [0, 0.1) is 22.0 Å². The van der Waals surface area contributed by atoms with Gasteiger partial charge in [-0.05, 0) is 18.2 Å². The van der Waals surface area contributed by atoms with Gasteiger partial charge in [0.1, 0.15) is 12.4 Å². The van der Waals surface area contributed by atoms with Crippen molar-refractivity contribution in [2.75, 3.05) is 13.2 Å². The molecular weight excluding hydrogens is 334 g/mol. The number of ether oxygens (including phenoxy) is 1. The van der Waals surface area contributed by atoms with Crippen molar-refractivity contribution in [1.29, 1.82) is 0 Å². The Bertz CT molecular complexity index is 800. The first-order chi connectivity index (χ1) is 11.6. The van der Waals surface area contributed by atoms with Gasteiger partial charge in [-0.1, -0.05) is 23.4 Å². The Hall–Kier alpha value is -3.11. The summed E-state index contributed by atoms with van der Waals surface area (Å²) in [4.78, 5) is 26.0. The summed E-state index contributed by atoms with van der Waals surface area (Å²) in [6.07, 6.45) is 3.20. The van der Waals surface area contributed by atoms with E-state index in [2.05, 4.69) is 22.1 Å². The third-order valence-electron chi connectivity index (χ3n) is 2.81. The Labute approximate surface area is 142 Å². The van der Waals surface area contributed by atoms with Crippen molar-refractivity contribution in [2.45, 2.75) is 0 Å². The number of nitro groups is 1. The van der Waals surface area contributed by atoms with Gasteiger partial charge in [-0.2, -0.15) is 0 Å². The summed E-state index contributed by atoms with van der Waals surface area (Å²) >= 11 is 5.88. The number of non-ortho nitro benzene ring substituents is 1. The molecule has 1 aromatic heterocycles. The molecule has 0 aliphatic heterocycles. The minimum Gasteiger partial charge on any atom is -0.479 e. The van der Waals surface area contributed by atoms with E-state index in [0.29, 0.717) is 5.75 Å². The lowest BCUT2D eigenvalue weighted by Gasteiger charge is -2.03. The number of aromatic nitrogens is 1. The smallest absolute Gasteiger partial charge is 0.270 e. The summed E-state index contributed by atoms with van der Waals surface area (Å²) in [6.45, 7) is 0.216. The molecule has 0 aliphatic carbocycles. The lowest BCUT2D eigenvalue weighted by molar-refractivity contribution is -0.384. The highest BCUT2D eigenvalue weighted by Gasteiger charge is 2.15. The minimum absolute atomic E-state index is 0.0271. The fraction of sp³-hybridized carbons (Fsp3) is 0.125. The summed E-state index contributed by atoms with van der Waals surface area (Å²) in [5.74, 6) is 5.50. The molecule has 0 fully saturated rings. The van der Waals surface area contributed by atoms with Gasteiger partial charge in [-0.25, -0.2) is 0 Å². The molecule has 0 unspecified atom stereocenters. The summed E-state index contributed by atoms with van der Waals surface area (Å²) < 4.78 is 5.31. The van der Waals surface area contributed by atoms with E-state index in [1.807, 2.05) is 0 Å². The first-order valence-corrected chi connectivity index (χ1v) is 7.16. The lowest BCUT2D eigenvalue weighted by atomic mass is 10.2. The van der Waals surface area contributed by atoms with E-state index in [9.17, 15) is 14.9 Å². The number of carbonyl (C=O) groups is 1. The van der Waals surface area contributed by atoms with Crippen molar-refractivity contribution < 1.29 is 14.5 Å². The Kier molecular flexibility index (Phi) is 6.11. The molecule has 1 N–H and O–H groups in total. The predicted molar refractivity (Wildman–Crippen MR) is 87.9 cm³/mol. The largest absolute Gasteiger partial charge is 0.479 e. The molecule has 0 aliphatic rings. The Morgan fingerprint density at radius 1 is 1.38 bits per heavy atom. The molecule has 0 bridgehead atoms. The quantitative estimate of drug-likeness (QED) is 0.510. The highest BCUT2D eigenvalue weighted by Crippen LogP contribution is 2.21. The van der Waals surface area contributed by atoms with Gasteiger partial charge >= 0.3 is 0 Å². The number of halogens is 1. The zero-order valence-corrected chi connectivity index (χ0v) is 13.1. The molecule has 0 atom stereocenters. The van der Waals surface area contributed by atoms with Gasteiger partial charge in [0, 0.05) is 18.3 Å². The molecule has 122 valence electrons. The van der Waals surface area contributed by atoms with Crippen LogP contribution in [0.4, 0.5) is 5.69 Å². The van der Waals surface area contributed by atoms with E-state index in [0.717, 1.165) is 6.07 Å². The second kappa shape index (κ2) is 8.50. The number of nitro benzene ring substituents is 1. The fourth-order valence-corrected chi connectivity index (χ4v) is 1.89. The van der Waals surface area contributed by atoms with E-state index in [1.54, 1.807) is 24.5 Å². The van der Waals surface area contributed by atoms with Gasteiger partial charge in [0.2, 0.25) is 0 Å². The predicted octanol–water partition coefficient (Wildman–Crippen LogP) is 2.46. The molecule has 1 aromatic carbocycles. The zero-order chi connectivity index (χ0) is 17.4. The van der Waals surface area contributed by atoms with Gasteiger partial charge in [0.05, 0.1) is 28.3 Å². The maximum Gasteiger partial charge on any atom is 0.270 e. The van der Waals surface area contributed by atoms with Crippen LogP contribution in [0.3, 0.4) is 0 Å². The van der Waals surface area contributed by atoms with Crippen LogP contribution in [0.1, 0.15) is 10.4 Å². The van der Waals surface area contributed by atoms with Crippen molar-refractivity contribution in [3.05, 3.63) is 63.4 Å². The zero-order valence-electron chi connectivity index (χ0n) is 12.4. The minimum atomic E-state index is -0.595. The molecule has 0 spiro atoms. The van der Waals surface area contributed by atoms with Crippen molar-refractivity contribution in [1.82, 2.24) is 10.3 Å². The van der Waals surface area contributed by atoms with Crippen molar-refractivity contribution >= 4 is 23.2 Å². The van der Waals surface area contributed by atoms with Crippen LogP contribution in [0.2, 0.25) is 5.02 Å². The van der Waals surface area contributed by atoms with Crippen LogP contribution in [-0.4, -0.2) is 29.0 Å². The second-order valence-electron chi connectivity index (χ2n) is 4.43. The molecular formula is C16H12ClN3O4. The Balaban J connectivity index is 1.85. The Morgan fingerprint density at radius 2 is 2.21 bits per heavy atom. The first kappa shape index (κ1) is 17.2. The van der Waals surface area contributed by atoms with E-state index in [-0.39, 0.29) is 29.4 Å². The van der Waals surface area contributed by atoms with Crippen LogP contribution >= 0.6 is 11.6 Å². The van der Waals surface area contributed by atoms with Crippen LogP contribution in [0.5, 0.6) is 5.75 Å². The van der Waals surface area contributed by atoms with Gasteiger partial charge < -0.3 is 10.1 Å².